The highest BCUT2D eigenvalue weighted by atomic mass is 32.2. The fourth-order valence-corrected chi connectivity index (χ4v) is 5.22. The second-order valence-electron chi connectivity index (χ2n) is 7.91. The summed E-state index contributed by atoms with van der Waals surface area (Å²) in [6, 6.07) is 3.70. The van der Waals surface area contributed by atoms with Crippen molar-refractivity contribution < 1.29 is 23.0 Å². The van der Waals surface area contributed by atoms with Crippen LogP contribution in [0.3, 0.4) is 0 Å². The molecule has 1 aromatic carbocycles. The lowest BCUT2D eigenvalue weighted by molar-refractivity contribution is 0.0812. The van der Waals surface area contributed by atoms with Crippen molar-refractivity contribution in [3.8, 4) is 11.5 Å². The minimum atomic E-state index is -3.77. The lowest BCUT2D eigenvalue weighted by Crippen LogP contribution is -2.43. The third-order valence-corrected chi connectivity index (χ3v) is 7.29. The maximum Gasteiger partial charge on any atom is 0.344 e. The average Bonchev–Trinajstić information content (AvgIpc) is 2.79. The molecule has 1 unspecified atom stereocenters. The predicted molar refractivity (Wildman–Crippen MR) is 121 cm³/mol. The first-order valence-corrected chi connectivity index (χ1v) is 11.8. The molecule has 0 radical (unpaired) electrons. The number of aliphatic hydroxyl groups is 1. The molecule has 172 valence electrons. The van der Waals surface area contributed by atoms with E-state index in [-0.39, 0.29) is 12.5 Å². The molecule has 10 nitrogen and oxygen atoms in total. The molecular weight excluding hydrogens is 434 g/mol. The molecule has 2 aromatic rings. The van der Waals surface area contributed by atoms with E-state index in [2.05, 4.69) is 19.3 Å². The van der Waals surface area contributed by atoms with Gasteiger partial charge in [0.25, 0.3) is 0 Å². The van der Waals surface area contributed by atoms with E-state index in [1.54, 1.807) is 27.2 Å². The van der Waals surface area contributed by atoms with Crippen LogP contribution in [0.4, 0.5) is 5.82 Å². The van der Waals surface area contributed by atoms with Gasteiger partial charge in [-0.2, -0.15) is 12.8 Å². The number of anilines is 1. The van der Waals surface area contributed by atoms with Crippen molar-refractivity contribution in [2.75, 3.05) is 38.8 Å². The maximum atomic E-state index is 12.2. The lowest BCUT2D eigenvalue weighted by atomic mass is 9.91. The third kappa shape index (κ3) is 4.35. The van der Waals surface area contributed by atoms with E-state index in [4.69, 9.17) is 9.47 Å². The van der Waals surface area contributed by atoms with E-state index in [0.717, 1.165) is 21.0 Å². The van der Waals surface area contributed by atoms with Crippen LogP contribution in [0.2, 0.25) is 0 Å². The van der Waals surface area contributed by atoms with Crippen LogP contribution in [0.25, 0.3) is 10.9 Å². The van der Waals surface area contributed by atoms with E-state index in [1.807, 2.05) is 12.1 Å². The minimum absolute atomic E-state index is 0.00624. The second-order valence-corrected chi connectivity index (χ2v) is 9.46. The number of ether oxygens (including phenoxy) is 2. The Labute approximate surface area is 187 Å². The average molecular weight is 462 g/mol. The zero-order valence-corrected chi connectivity index (χ0v) is 19.1. The topological polar surface area (TPSA) is 117 Å². The van der Waals surface area contributed by atoms with Crippen molar-refractivity contribution in [3.63, 3.8) is 0 Å². The van der Waals surface area contributed by atoms with Crippen LogP contribution in [0.5, 0.6) is 11.5 Å². The van der Waals surface area contributed by atoms with Gasteiger partial charge in [0.15, 0.2) is 11.5 Å². The predicted octanol–water partition coefficient (Wildman–Crippen LogP) is 1.76. The Hall–Kier alpha value is -2.92. The zero-order valence-electron chi connectivity index (χ0n) is 18.3. The maximum absolute atomic E-state index is 12.2. The van der Waals surface area contributed by atoms with Crippen LogP contribution in [-0.2, 0) is 10.2 Å². The summed E-state index contributed by atoms with van der Waals surface area (Å²) in [6.45, 7) is 2.98. The number of β-amino-alcohol motifs (C(OH)–C–C–N with tert-alkyl or cyclic N) is 1. The number of benzene rings is 1. The summed E-state index contributed by atoms with van der Waals surface area (Å²) in [5, 5.41) is 11.6. The Balaban J connectivity index is 1.46. The van der Waals surface area contributed by atoms with E-state index in [0.29, 0.717) is 43.1 Å². The second kappa shape index (κ2) is 8.91. The van der Waals surface area contributed by atoms with Crippen LogP contribution in [0, 0.1) is 5.92 Å². The SMILES string of the molecule is COc1cc2ncnc(N3CCC(C(O)CN4C=CC(C)=NS4(=O)=O)CC3)c2cc1OC. The summed E-state index contributed by atoms with van der Waals surface area (Å²) in [6.07, 6.45) is 5.25. The largest absolute Gasteiger partial charge is 0.493 e. The molecule has 3 heterocycles. The standard InChI is InChI=1S/C21H27N5O5S/c1-14-4-9-26(32(28,29)24-14)12-18(27)15-5-7-25(8-6-15)21-16-10-19(30-2)20(31-3)11-17(16)22-13-23-21/h4,9-11,13,15,18,27H,5-8,12H2,1-3H3. The monoisotopic (exact) mass is 461 g/mol. The Kier molecular flexibility index (Phi) is 6.20. The quantitative estimate of drug-likeness (QED) is 0.692. The molecule has 4 rings (SSSR count). The lowest BCUT2D eigenvalue weighted by Gasteiger charge is -2.36. The van der Waals surface area contributed by atoms with Crippen molar-refractivity contribution in [2.45, 2.75) is 25.9 Å². The summed E-state index contributed by atoms with van der Waals surface area (Å²) in [5.74, 6) is 1.99. The fraction of sp³-hybridized carbons (Fsp3) is 0.476. The number of nitrogens with zero attached hydrogens (tertiary/aromatic N) is 5. The van der Waals surface area contributed by atoms with Crippen LogP contribution in [-0.4, -0.2) is 73.5 Å². The first-order chi connectivity index (χ1) is 15.3. The van der Waals surface area contributed by atoms with Crippen molar-refractivity contribution in [1.29, 1.82) is 0 Å². The molecular formula is C21H27N5O5S. The van der Waals surface area contributed by atoms with Gasteiger partial charge in [0.05, 0.1) is 38.1 Å². The van der Waals surface area contributed by atoms with Gasteiger partial charge in [-0.05, 0) is 37.8 Å². The number of aliphatic hydroxyl groups excluding tert-OH is 1. The molecule has 0 aliphatic carbocycles. The van der Waals surface area contributed by atoms with Gasteiger partial charge in [0.1, 0.15) is 12.1 Å². The Morgan fingerprint density at radius 2 is 1.84 bits per heavy atom. The minimum Gasteiger partial charge on any atom is -0.493 e. The molecule has 1 saturated heterocycles. The highest BCUT2D eigenvalue weighted by molar-refractivity contribution is 7.88. The molecule has 1 fully saturated rings. The summed E-state index contributed by atoms with van der Waals surface area (Å²) < 4.78 is 40.0. The Bertz CT molecular complexity index is 1160. The molecule has 11 heteroatoms. The highest BCUT2D eigenvalue weighted by Crippen LogP contribution is 2.36. The number of fused-ring (bicyclic) bond motifs is 1. The molecule has 0 saturated carbocycles. The van der Waals surface area contributed by atoms with Gasteiger partial charge in [-0.3, -0.25) is 4.31 Å². The molecule has 32 heavy (non-hydrogen) atoms. The number of hydrogen-bond acceptors (Lipinski definition) is 8. The molecule has 1 N–H and O–H groups in total. The van der Waals surface area contributed by atoms with Crippen molar-refractivity contribution >= 4 is 32.6 Å². The zero-order chi connectivity index (χ0) is 22.9. The number of allylic oxidation sites excluding steroid dienone is 1. The molecule has 0 spiro atoms. The number of hydrogen-bond donors (Lipinski definition) is 1. The van der Waals surface area contributed by atoms with Gasteiger partial charge in [-0.25, -0.2) is 9.97 Å². The molecule has 1 atom stereocenters. The summed E-state index contributed by atoms with van der Waals surface area (Å²) in [5.41, 5.74) is 1.18. The van der Waals surface area contributed by atoms with Crippen LogP contribution < -0.4 is 14.4 Å². The number of rotatable bonds is 6. The highest BCUT2D eigenvalue weighted by Gasteiger charge is 2.31. The summed E-state index contributed by atoms with van der Waals surface area (Å²) >= 11 is 0. The van der Waals surface area contributed by atoms with Gasteiger partial charge in [0, 0.05) is 30.7 Å². The van der Waals surface area contributed by atoms with Gasteiger partial charge in [-0.1, -0.05) is 0 Å². The van der Waals surface area contributed by atoms with E-state index in [9.17, 15) is 13.5 Å². The fourth-order valence-electron chi connectivity index (χ4n) is 4.14. The number of methoxy groups -OCH3 is 2. The molecule has 0 bridgehead atoms. The van der Waals surface area contributed by atoms with Gasteiger partial charge in [0.2, 0.25) is 0 Å². The normalized spacial score (nSPS) is 19.7. The van der Waals surface area contributed by atoms with Gasteiger partial charge >= 0.3 is 10.2 Å². The molecule has 0 amide bonds. The van der Waals surface area contributed by atoms with Crippen LogP contribution in [0.15, 0.2) is 35.1 Å². The van der Waals surface area contributed by atoms with Crippen molar-refractivity contribution in [2.24, 2.45) is 10.3 Å². The van der Waals surface area contributed by atoms with Gasteiger partial charge in [-0.15, -0.1) is 0 Å². The summed E-state index contributed by atoms with van der Waals surface area (Å²) in [4.78, 5) is 11.0. The first-order valence-electron chi connectivity index (χ1n) is 10.4. The Morgan fingerprint density at radius 3 is 2.50 bits per heavy atom. The summed E-state index contributed by atoms with van der Waals surface area (Å²) in [7, 11) is -0.601. The van der Waals surface area contributed by atoms with Crippen molar-refractivity contribution in [1.82, 2.24) is 14.3 Å². The smallest absolute Gasteiger partial charge is 0.344 e. The van der Waals surface area contributed by atoms with E-state index < -0.39 is 16.3 Å². The van der Waals surface area contributed by atoms with E-state index >= 15 is 0 Å². The van der Waals surface area contributed by atoms with E-state index in [1.165, 1.54) is 12.5 Å². The van der Waals surface area contributed by atoms with Crippen molar-refractivity contribution in [3.05, 3.63) is 30.7 Å². The third-order valence-electron chi connectivity index (χ3n) is 5.91. The van der Waals surface area contributed by atoms with Crippen LogP contribution in [0.1, 0.15) is 19.8 Å². The van der Waals surface area contributed by atoms with Crippen LogP contribution >= 0.6 is 0 Å². The Morgan fingerprint density at radius 1 is 1.16 bits per heavy atom. The molecule has 2 aliphatic rings. The molecule has 2 aliphatic heterocycles. The van der Waals surface area contributed by atoms with Gasteiger partial charge < -0.3 is 19.5 Å². The molecule has 1 aromatic heterocycles. The number of aromatic nitrogens is 2. The number of piperidine rings is 1. The first kappa shape index (κ1) is 22.3.